The molecular weight excluding hydrogens is 386 g/mol. The van der Waals surface area contributed by atoms with Gasteiger partial charge in [0.1, 0.15) is 0 Å². The zero-order chi connectivity index (χ0) is 14.8. The monoisotopic (exact) mass is 397 g/mol. The summed E-state index contributed by atoms with van der Waals surface area (Å²) >= 11 is 6.84. The van der Waals surface area contributed by atoms with Crippen LogP contribution in [0.1, 0.15) is 12.5 Å². The molecule has 0 aliphatic heterocycles. The van der Waals surface area contributed by atoms with Crippen molar-refractivity contribution < 1.29 is 9.90 Å². The smallest absolute Gasteiger partial charge is 0.333 e. The average molecular weight is 399 g/mol. The summed E-state index contributed by atoms with van der Waals surface area (Å²) < 4.78 is 1.57. The molecule has 5 heteroatoms. The van der Waals surface area contributed by atoms with Crippen LogP contribution in [-0.4, -0.2) is 11.1 Å². The minimum atomic E-state index is -1.23. The van der Waals surface area contributed by atoms with Crippen LogP contribution in [0.5, 0.6) is 0 Å². The second kappa shape index (κ2) is 5.97. The lowest BCUT2D eigenvalue weighted by Gasteiger charge is -2.29. The second-order valence-electron chi connectivity index (χ2n) is 4.51. The van der Waals surface area contributed by atoms with Crippen LogP contribution in [-0.2, 0) is 10.3 Å². The molecule has 1 unspecified atom stereocenters. The van der Waals surface area contributed by atoms with Gasteiger partial charge >= 0.3 is 5.97 Å². The van der Waals surface area contributed by atoms with E-state index >= 15 is 0 Å². The maximum Gasteiger partial charge on any atom is 0.333 e. The zero-order valence-corrected chi connectivity index (χ0v) is 13.9. The van der Waals surface area contributed by atoms with Crippen LogP contribution >= 0.6 is 31.9 Å². The van der Waals surface area contributed by atoms with E-state index in [0.717, 1.165) is 14.6 Å². The third kappa shape index (κ3) is 2.88. The summed E-state index contributed by atoms with van der Waals surface area (Å²) in [4.78, 5) is 11.8. The molecule has 0 saturated heterocycles. The van der Waals surface area contributed by atoms with Gasteiger partial charge in [0.2, 0.25) is 0 Å². The topological polar surface area (TPSA) is 49.3 Å². The van der Waals surface area contributed by atoms with E-state index in [9.17, 15) is 9.90 Å². The molecule has 0 saturated carbocycles. The first-order valence-corrected chi connectivity index (χ1v) is 7.55. The van der Waals surface area contributed by atoms with E-state index in [1.165, 1.54) is 0 Å². The molecule has 3 nitrogen and oxygen atoms in total. The number of halogens is 2. The van der Waals surface area contributed by atoms with Gasteiger partial charge in [-0.15, -0.1) is 0 Å². The molecule has 1 atom stereocenters. The van der Waals surface area contributed by atoms with Gasteiger partial charge in [0.15, 0.2) is 5.54 Å². The number of nitrogens with one attached hydrogen (secondary N) is 1. The van der Waals surface area contributed by atoms with Crippen molar-refractivity contribution in [2.75, 3.05) is 5.32 Å². The van der Waals surface area contributed by atoms with Gasteiger partial charge in [0.25, 0.3) is 0 Å². The third-order valence-corrected chi connectivity index (χ3v) is 4.48. The van der Waals surface area contributed by atoms with Gasteiger partial charge in [-0.05, 0) is 41.1 Å². The van der Waals surface area contributed by atoms with Crippen LogP contribution < -0.4 is 5.32 Å². The van der Waals surface area contributed by atoms with Crippen molar-refractivity contribution in [1.29, 1.82) is 0 Å². The molecular formula is C15H13Br2NO2. The summed E-state index contributed by atoms with van der Waals surface area (Å²) in [5.41, 5.74) is 0.167. The molecule has 0 aliphatic rings. The fourth-order valence-electron chi connectivity index (χ4n) is 1.93. The van der Waals surface area contributed by atoms with Crippen LogP contribution in [0.15, 0.2) is 57.5 Å². The fraction of sp³-hybridized carbons (Fsp3) is 0.133. The van der Waals surface area contributed by atoms with E-state index in [0.29, 0.717) is 5.56 Å². The highest BCUT2D eigenvalue weighted by Gasteiger charge is 2.37. The number of benzene rings is 2. The maximum absolute atomic E-state index is 11.8. The Labute approximate surface area is 134 Å². The Morgan fingerprint density at radius 1 is 1.05 bits per heavy atom. The van der Waals surface area contributed by atoms with E-state index in [1.54, 1.807) is 13.0 Å². The lowest BCUT2D eigenvalue weighted by molar-refractivity contribution is -0.142. The van der Waals surface area contributed by atoms with Gasteiger partial charge in [-0.3, -0.25) is 0 Å². The highest BCUT2D eigenvalue weighted by Crippen LogP contribution is 2.34. The van der Waals surface area contributed by atoms with Crippen LogP contribution in [0, 0.1) is 0 Å². The number of hydrogen-bond acceptors (Lipinski definition) is 2. The average Bonchev–Trinajstić information content (AvgIpc) is 2.41. The van der Waals surface area contributed by atoms with Gasteiger partial charge in [0, 0.05) is 20.2 Å². The van der Waals surface area contributed by atoms with E-state index in [2.05, 4.69) is 37.2 Å². The van der Waals surface area contributed by atoms with E-state index in [4.69, 9.17) is 0 Å². The summed E-state index contributed by atoms with van der Waals surface area (Å²) in [5.74, 6) is -0.944. The van der Waals surface area contributed by atoms with Crippen LogP contribution in [0.2, 0.25) is 0 Å². The number of para-hydroxylation sites is 1. The molecule has 0 spiro atoms. The molecule has 104 valence electrons. The number of carboxylic acids is 1. The summed E-state index contributed by atoms with van der Waals surface area (Å²) in [6.07, 6.45) is 0. The Kier molecular flexibility index (Phi) is 4.50. The summed E-state index contributed by atoms with van der Waals surface area (Å²) in [7, 11) is 0. The Bertz CT molecular complexity index is 645. The van der Waals surface area contributed by atoms with Crippen molar-refractivity contribution in [3.63, 3.8) is 0 Å². The molecule has 2 N–H and O–H groups in total. The van der Waals surface area contributed by atoms with Gasteiger partial charge in [-0.2, -0.15) is 0 Å². The molecule has 2 rings (SSSR count). The summed E-state index contributed by atoms with van der Waals surface area (Å²) in [6, 6.07) is 14.7. The van der Waals surface area contributed by atoms with Crippen molar-refractivity contribution in [2.45, 2.75) is 12.5 Å². The van der Waals surface area contributed by atoms with E-state index in [1.807, 2.05) is 42.5 Å². The normalized spacial score (nSPS) is 13.6. The number of hydrogen-bond donors (Lipinski definition) is 2. The van der Waals surface area contributed by atoms with Crippen molar-refractivity contribution in [3.05, 3.63) is 63.0 Å². The standard InChI is InChI=1S/C15H13Br2NO2/c1-15(14(19)20,10-6-2-3-7-11(10)16)18-13-9-5-4-8-12(13)17/h2-9,18H,1H3,(H,19,20). The van der Waals surface area contributed by atoms with E-state index < -0.39 is 11.5 Å². The van der Waals surface area contributed by atoms with Crippen molar-refractivity contribution >= 4 is 43.5 Å². The molecule has 0 aromatic heterocycles. The number of carbonyl (C=O) groups is 1. The molecule has 0 amide bonds. The quantitative estimate of drug-likeness (QED) is 0.789. The first-order chi connectivity index (χ1) is 9.45. The molecule has 0 bridgehead atoms. The number of carboxylic acid groups (broad SMARTS) is 1. The van der Waals surface area contributed by atoms with Crippen molar-refractivity contribution in [2.24, 2.45) is 0 Å². The van der Waals surface area contributed by atoms with E-state index in [-0.39, 0.29) is 0 Å². The largest absolute Gasteiger partial charge is 0.479 e. The predicted molar refractivity (Wildman–Crippen MR) is 86.9 cm³/mol. The molecule has 2 aromatic rings. The number of aliphatic carboxylic acids is 1. The van der Waals surface area contributed by atoms with Gasteiger partial charge < -0.3 is 10.4 Å². The molecule has 0 fully saturated rings. The first-order valence-electron chi connectivity index (χ1n) is 5.96. The molecule has 0 heterocycles. The number of anilines is 1. The SMILES string of the molecule is CC(Nc1ccccc1Br)(C(=O)O)c1ccccc1Br. The Morgan fingerprint density at radius 2 is 1.60 bits per heavy atom. The van der Waals surface area contributed by atoms with Crippen LogP contribution in [0.25, 0.3) is 0 Å². The minimum absolute atomic E-state index is 0.670. The summed E-state index contributed by atoms with van der Waals surface area (Å²) in [5, 5.41) is 12.8. The van der Waals surface area contributed by atoms with Crippen molar-refractivity contribution in [3.8, 4) is 0 Å². The second-order valence-corrected chi connectivity index (χ2v) is 6.22. The number of rotatable bonds is 4. The Hall–Kier alpha value is -1.33. The highest BCUT2D eigenvalue weighted by atomic mass is 79.9. The predicted octanol–water partition coefficient (Wildman–Crippen LogP) is 4.62. The van der Waals surface area contributed by atoms with Crippen LogP contribution in [0.4, 0.5) is 5.69 Å². The molecule has 0 aliphatic carbocycles. The molecule has 20 heavy (non-hydrogen) atoms. The van der Waals surface area contributed by atoms with Gasteiger partial charge in [-0.1, -0.05) is 46.3 Å². The summed E-state index contributed by atoms with van der Waals surface area (Å²) in [6.45, 7) is 1.65. The lowest BCUT2D eigenvalue weighted by Crippen LogP contribution is -2.40. The minimum Gasteiger partial charge on any atom is -0.479 e. The van der Waals surface area contributed by atoms with Gasteiger partial charge in [-0.25, -0.2) is 4.79 Å². The Balaban J connectivity index is 2.49. The van der Waals surface area contributed by atoms with Crippen molar-refractivity contribution in [1.82, 2.24) is 0 Å². The first kappa shape index (κ1) is 15.1. The van der Waals surface area contributed by atoms with Crippen LogP contribution in [0.3, 0.4) is 0 Å². The molecule has 2 aromatic carbocycles. The molecule has 0 radical (unpaired) electrons. The third-order valence-electron chi connectivity index (χ3n) is 3.10. The highest BCUT2D eigenvalue weighted by molar-refractivity contribution is 9.11. The van der Waals surface area contributed by atoms with Gasteiger partial charge in [0.05, 0.1) is 0 Å². The maximum atomic E-state index is 11.8. The Morgan fingerprint density at radius 3 is 2.15 bits per heavy atom. The zero-order valence-electron chi connectivity index (χ0n) is 10.7. The fourth-order valence-corrected chi connectivity index (χ4v) is 3.00. The lowest BCUT2D eigenvalue weighted by atomic mass is 9.91.